The minimum absolute atomic E-state index is 0.240. The molecule has 3 nitrogen and oxygen atoms in total. The van der Waals surface area contributed by atoms with E-state index in [1.54, 1.807) is 6.26 Å². The van der Waals surface area contributed by atoms with Crippen molar-refractivity contribution in [3.63, 3.8) is 0 Å². The van der Waals surface area contributed by atoms with Crippen LogP contribution in [0.1, 0.15) is 36.6 Å². The van der Waals surface area contributed by atoms with Crippen molar-refractivity contribution in [1.29, 1.82) is 0 Å². The Morgan fingerprint density at radius 2 is 1.70 bits per heavy atom. The van der Waals surface area contributed by atoms with E-state index in [4.69, 9.17) is 9.52 Å². The molecule has 3 heteroatoms. The van der Waals surface area contributed by atoms with E-state index in [1.807, 2.05) is 12.1 Å². The smallest absolute Gasteiger partial charge is 0.126 e. The molecule has 2 atom stereocenters. The number of rotatable bonds is 3. The number of hydrazone groups is 1. The van der Waals surface area contributed by atoms with Crippen LogP contribution in [0.25, 0.3) is 6.08 Å². The minimum Gasteiger partial charge on any atom is -0.465 e. The van der Waals surface area contributed by atoms with E-state index in [0.717, 1.165) is 24.3 Å². The largest absolute Gasteiger partial charge is 0.465 e. The third-order valence-corrected chi connectivity index (χ3v) is 5.52. The highest BCUT2D eigenvalue weighted by atomic mass is 16.3. The zero-order valence-electron chi connectivity index (χ0n) is 15.2. The molecular formula is C24H22N2O. The van der Waals surface area contributed by atoms with Crippen LogP contribution in [0, 0.1) is 5.92 Å². The van der Waals surface area contributed by atoms with E-state index >= 15 is 0 Å². The van der Waals surface area contributed by atoms with Gasteiger partial charge < -0.3 is 4.42 Å². The first kappa shape index (κ1) is 16.1. The molecule has 1 saturated carbocycles. The van der Waals surface area contributed by atoms with Crippen LogP contribution < -0.4 is 5.01 Å². The molecule has 1 aliphatic heterocycles. The Balaban J connectivity index is 1.60. The molecule has 0 amide bonds. The molecule has 0 bridgehead atoms. The third-order valence-electron chi connectivity index (χ3n) is 5.52. The quantitative estimate of drug-likeness (QED) is 0.570. The molecule has 2 aliphatic rings. The van der Waals surface area contributed by atoms with Gasteiger partial charge >= 0.3 is 0 Å². The van der Waals surface area contributed by atoms with Crippen molar-refractivity contribution in [3.05, 3.63) is 96.0 Å². The van der Waals surface area contributed by atoms with Gasteiger partial charge in [-0.25, -0.2) is 0 Å². The summed E-state index contributed by atoms with van der Waals surface area (Å²) in [5, 5.41) is 7.36. The van der Waals surface area contributed by atoms with Crippen molar-refractivity contribution in [1.82, 2.24) is 0 Å². The Kier molecular flexibility index (Phi) is 4.13. The predicted molar refractivity (Wildman–Crippen MR) is 110 cm³/mol. The maximum atomic E-state index is 5.56. The zero-order valence-corrected chi connectivity index (χ0v) is 15.2. The number of para-hydroxylation sites is 1. The van der Waals surface area contributed by atoms with Gasteiger partial charge in [0.05, 0.1) is 23.7 Å². The number of furan rings is 1. The van der Waals surface area contributed by atoms with Crippen LogP contribution in [-0.4, -0.2) is 5.71 Å². The van der Waals surface area contributed by atoms with E-state index < -0.39 is 0 Å². The van der Waals surface area contributed by atoms with Crippen molar-refractivity contribution in [2.75, 3.05) is 5.01 Å². The van der Waals surface area contributed by atoms with Gasteiger partial charge in [0.15, 0.2) is 0 Å². The maximum Gasteiger partial charge on any atom is 0.126 e. The second-order valence-corrected chi connectivity index (χ2v) is 7.20. The Labute approximate surface area is 159 Å². The van der Waals surface area contributed by atoms with E-state index in [1.165, 1.54) is 23.3 Å². The van der Waals surface area contributed by atoms with Crippen LogP contribution in [0.3, 0.4) is 0 Å². The van der Waals surface area contributed by atoms with Crippen molar-refractivity contribution < 1.29 is 4.42 Å². The molecule has 1 aliphatic carbocycles. The summed E-state index contributed by atoms with van der Waals surface area (Å²) in [5.41, 5.74) is 4.99. The summed E-state index contributed by atoms with van der Waals surface area (Å²) in [7, 11) is 0. The first-order valence-electron chi connectivity index (χ1n) is 9.62. The topological polar surface area (TPSA) is 28.7 Å². The molecular weight excluding hydrogens is 332 g/mol. The molecule has 5 rings (SSSR count). The summed E-state index contributed by atoms with van der Waals surface area (Å²) in [6.07, 6.45) is 7.30. The average Bonchev–Trinajstić information content (AvgIpc) is 3.37. The van der Waals surface area contributed by atoms with E-state index in [0.29, 0.717) is 5.92 Å². The second kappa shape index (κ2) is 6.92. The van der Waals surface area contributed by atoms with Crippen molar-refractivity contribution in [2.45, 2.75) is 25.3 Å². The van der Waals surface area contributed by atoms with Crippen LogP contribution in [0.15, 0.2) is 94.2 Å². The van der Waals surface area contributed by atoms with Crippen molar-refractivity contribution >= 4 is 17.5 Å². The molecule has 0 radical (unpaired) electrons. The zero-order chi connectivity index (χ0) is 18.1. The number of fused-ring (bicyclic) bond motifs is 1. The fourth-order valence-corrected chi connectivity index (χ4v) is 4.32. The predicted octanol–water partition coefficient (Wildman–Crippen LogP) is 6.08. The van der Waals surface area contributed by atoms with Crippen LogP contribution in [0.4, 0.5) is 5.69 Å². The lowest BCUT2D eigenvalue weighted by atomic mass is 9.77. The maximum absolute atomic E-state index is 5.56. The normalized spacial score (nSPS) is 23.3. The molecule has 0 unspecified atom stereocenters. The molecule has 0 spiro atoms. The van der Waals surface area contributed by atoms with Gasteiger partial charge in [-0.3, -0.25) is 5.01 Å². The number of nitrogens with zero attached hydrogens (tertiary/aromatic N) is 2. The van der Waals surface area contributed by atoms with Crippen molar-refractivity contribution in [3.8, 4) is 0 Å². The SMILES string of the molecule is C(=C1/CCC[C@@H]2C1=NN(c1ccccc1)[C@H]2c1ccccc1)/c1ccco1. The summed E-state index contributed by atoms with van der Waals surface area (Å²) in [6, 6.07) is 25.5. The van der Waals surface area contributed by atoms with Gasteiger partial charge in [-0.15, -0.1) is 0 Å². The molecule has 2 heterocycles. The minimum atomic E-state index is 0.240. The number of anilines is 1. The number of hydrogen-bond donors (Lipinski definition) is 0. The lowest BCUT2D eigenvalue weighted by Gasteiger charge is -2.30. The number of allylic oxidation sites excluding steroid dienone is 1. The van der Waals surface area contributed by atoms with Gasteiger partial charge in [-0.05, 0) is 60.7 Å². The van der Waals surface area contributed by atoms with Crippen LogP contribution in [0.5, 0.6) is 0 Å². The summed E-state index contributed by atoms with van der Waals surface area (Å²) in [5.74, 6) is 1.31. The average molecular weight is 354 g/mol. The van der Waals surface area contributed by atoms with Gasteiger partial charge in [0.1, 0.15) is 5.76 Å². The first-order chi connectivity index (χ1) is 13.4. The van der Waals surface area contributed by atoms with Gasteiger partial charge in [-0.2, -0.15) is 5.10 Å². The Morgan fingerprint density at radius 3 is 2.44 bits per heavy atom. The fraction of sp³-hybridized carbons (Fsp3) is 0.208. The molecule has 27 heavy (non-hydrogen) atoms. The molecule has 0 N–H and O–H groups in total. The highest BCUT2D eigenvalue weighted by molar-refractivity contribution is 6.08. The Morgan fingerprint density at radius 1 is 0.926 bits per heavy atom. The Hall–Kier alpha value is -3.07. The lowest BCUT2D eigenvalue weighted by Crippen LogP contribution is -2.27. The van der Waals surface area contributed by atoms with Gasteiger partial charge in [0.25, 0.3) is 0 Å². The monoisotopic (exact) mass is 354 g/mol. The molecule has 3 aromatic rings. The van der Waals surface area contributed by atoms with Crippen LogP contribution >= 0.6 is 0 Å². The standard InChI is InChI=1S/C24H22N2O/c1-3-9-18(10-4-1)24-22-15-7-11-19(17-21-14-8-16-27-21)23(22)25-26(24)20-12-5-2-6-13-20/h1-6,8-10,12-14,16-17,22,24H,7,11,15H2/b19-17+/t22-,24+/m1/s1. The molecule has 134 valence electrons. The van der Waals surface area contributed by atoms with Crippen molar-refractivity contribution in [2.24, 2.45) is 11.0 Å². The number of benzene rings is 2. The van der Waals surface area contributed by atoms with Crippen LogP contribution in [-0.2, 0) is 0 Å². The third kappa shape index (κ3) is 2.99. The molecule has 0 saturated heterocycles. The summed E-state index contributed by atoms with van der Waals surface area (Å²) < 4.78 is 5.56. The van der Waals surface area contributed by atoms with Crippen LogP contribution in [0.2, 0.25) is 0 Å². The molecule has 1 fully saturated rings. The Bertz CT molecular complexity index is 958. The summed E-state index contributed by atoms with van der Waals surface area (Å²) in [6.45, 7) is 0. The molecule has 1 aromatic heterocycles. The van der Waals surface area contributed by atoms with Gasteiger partial charge in [0, 0.05) is 5.92 Å². The van der Waals surface area contributed by atoms with Gasteiger partial charge in [0.2, 0.25) is 0 Å². The fourth-order valence-electron chi connectivity index (χ4n) is 4.32. The highest BCUT2D eigenvalue weighted by Crippen LogP contribution is 2.46. The first-order valence-corrected chi connectivity index (χ1v) is 9.62. The molecule has 2 aromatic carbocycles. The van der Waals surface area contributed by atoms with E-state index in [2.05, 4.69) is 71.7 Å². The number of hydrogen-bond acceptors (Lipinski definition) is 3. The van der Waals surface area contributed by atoms with E-state index in [-0.39, 0.29) is 6.04 Å². The van der Waals surface area contributed by atoms with E-state index in [9.17, 15) is 0 Å². The lowest BCUT2D eigenvalue weighted by molar-refractivity contribution is 0.487. The summed E-state index contributed by atoms with van der Waals surface area (Å²) in [4.78, 5) is 0. The van der Waals surface area contributed by atoms with Gasteiger partial charge in [-0.1, -0.05) is 48.5 Å². The summed E-state index contributed by atoms with van der Waals surface area (Å²) >= 11 is 0. The second-order valence-electron chi connectivity index (χ2n) is 7.20. The highest BCUT2D eigenvalue weighted by Gasteiger charge is 2.41.